The van der Waals surface area contributed by atoms with Gasteiger partial charge in [0.15, 0.2) is 6.10 Å². The lowest BCUT2D eigenvalue weighted by atomic mass is 10.1. The third-order valence-electron chi connectivity index (χ3n) is 3.66. The van der Waals surface area contributed by atoms with Crippen molar-refractivity contribution in [2.24, 2.45) is 0 Å². The molecule has 1 aromatic heterocycles. The van der Waals surface area contributed by atoms with Crippen molar-refractivity contribution in [3.63, 3.8) is 0 Å². The predicted molar refractivity (Wildman–Crippen MR) is 92.5 cm³/mol. The van der Waals surface area contributed by atoms with Gasteiger partial charge in [0.25, 0.3) is 5.91 Å². The van der Waals surface area contributed by atoms with Crippen LogP contribution < -0.4 is 10.1 Å². The highest BCUT2D eigenvalue weighted by Gasteiger charge is 2.14. The minimum Gasteiger partial charge on any atom is -0.481 e. The van der Waals surface area contributed by atoms with Crippen molar-refractivity contribution in [2.75, 3.05) is 0 Å². The van der Waals surface area contributed by atoms with Gasteiger partial charge in [-0.15, -0.1) is 0 Å². The second-order valence-electron chi connectivity index (χ2n) is 5.45. The van der Waals surface area contributed by atoms with Crippen molar-refractivity contribution in [1.82, 2.24) is 5.32 Å². The van der Waals surface area contributed by atoms with Gasteiger partial charge < -0.3 is 14.5 Å². The summed E-state index contributed by atoms with van der Waals surface area (Å²) in [5, 5.41) is 2.78. The molecule has 0 aliphatic rings. The molecule has 122 valence electrons. The molecule has 0 aliphatic carbocycles. The monoisotopic (exact) mass is 321 g/mol. The first-order valence-corrected chi connectivity index (χ1v) is 7.84. The van der Waals surface area contributed by atoms with Crippen LogP contribution in [-0.2, 0) is 11.3 Å². The second-order valence-corrected chi connectivity index (χ2v) is 5.45. The number of rotatable bonds is 6. The van der Waals surface area contributed by atoms with Gasteiger partial charge in [-0.3, -0.25) is 4.79 Å². The molecular formula is C20H19NO3. The van der Waals surface area contributed by atoms with Crippen LogP contribution in [0.3, 0.4) is 0 Å². The summed E-state index contributed by atoms with van der Waals surface area (Å²) >= 11 is 0. The highest BCUT2D eigenvalue weighted by molar-refractivity contribution is 5.80. The molecular weight excluding hydrogens is 302 g/mol. The maximum Gasteiger partial charge on any atom is 0.261 e. The molecule has 0 spiro atoms. The number of nitrogens with one attached hydrogen (secondary N) is 1. The molecule has 4 heteroatoms. The summed E-state index contributed by atoms with van der Waals surface area (Å²) in [6.07, 6.45) is 0.998. The topological polar surface area (TPSA) is 51.5 Å². The van der Waals surface area contributed by atoms with Gasteiger partial charge in [0, 0.05) is 0 Å². The number of hydrogen-bond donors (Lipinski definition) is 1. The number of hydrogen-bond acceptors (Lipinski definition) is 3. The summed E-state index contributed by atoms with van der Waals surface area (Å²) in [4.78, 5) is 12.1. The lowest BCUT2D eigenvalue weighted by Gasteiger charge is -2.14. The Labute approximate surface area is 141 Å². The molecule has 1 N–H and O–H groups in total. The summed E-state index contributed by atoms with van der Waals surface area (Å²) in [5.41, 5.74) is 2.26. The summed E-state index contributed by atoms with van der Waals surface area (Å²) in [6.45, 7) is 2.08. The fraction of sp³-hybridized carbons (Fsp3) is 0.150. The average Bonchev–Trinajstić information content (AvgIpc) is 3.14. The minimum absolute atomic E-state index is 0.182. The molecule has 0 saturated carbocycles. The van der Waals surface area contributed by atoms with Gasteiger partial charge in [-0.05, 0) is 42.3 Å². The fourth-order valence-electron chi connectivity index (χ4n) is 2.35. The first-order chi connectivity index (χ1) is 11.7. The van der Waals surface area contributed by atoms with Crippen LogP contribution in [0.5, 0.6) is 5.75 Å². The molecule has 0 unspecified atom stereocenters. The molecule has 3 rings (SSSR count). The third-order valence-corrected chi connectivity index (χ3v) is 3.66. The zero-order valence-corrected chi connectivity index (χ0v) is 13.4. The number of carbonyl (C=O) groups is 1. The summed E-state index contributed by atoms with van der Waals surface area (Å²) < 4.78 is 10.9. The molecule has 0 aliphatic heterocycles. The van der Waals surface area contributed by atoms with Crippen LogP contribution in [0.1, 0.15) is 12.7 Å². The van der Waals surface area contributed by atoms with E-state index in [-0.39, 0.29) is 5.91 Å². The molecule has 24 heavy (non-hydrogen) atoms. The predicted octanol–water partition coefficient (Wildman–Crippen LogP) is 4.03. The highest BCUT2D eigenvalue weighted by Crippen LogP contribution is 2.22. The van der Waals surface area contributed by atoms with Crippen LogP contribution in [0, 0.1) is 0 Å². The van der Waals surface area contributed by atoms with Crippen LogP contribution >= 0.6 is 0 Å². The van der Waals surface area contributed by atoms with Crippen molar-refractivity contribution in [2.45, 2.75) is 19.6 Å². The quantitative estimate of drug-likeness (QED) is 0.746. The summed E-state index contributed by atoms with van der Waals surface area (Å²) in [5.74, 6) is 1.19. The van der Waals surface area contributed by atoms with Crippen LogP contribution in [-0.4, -0.2) is 12.0 Å². The molecule has 0 saturated heterocycles. The maximum atomic E-state index is 12.1. The molecule has 0 bridgehead atoms. The molecule has 1 heterocycles. The van der Waals surface area contributed by atoms with Gasteiger partial charge in [-0.1, -0.05) is 42.5 Å². The Balaban J connectivity index is 1.56. The SMILES string of the molecule is C[C@H](Oc1ccc(-c2ccccc2)cc1)C(=O)NCc1ccco1. The largest absolute Gasteiger partial charge is 0.481 e. The van der Waals surface area contributed by atoms with Crippen molar-refractivity contribution >= 4 is 5.91 Å². The van der Waals surface area contributed by atoms with Crippen LogP contribution in [0.2, 0.25) is 0 Å². The van der Waals surface area contributed by atoms with E-state index in [2.05, 4.69) is 17.4 Å². The third kappa shape index (κ3) is 4.04. The van der Waals surface area contributed by atoms with Crippen molar-refractivity contribution in [1.29, 1.82) is 0 Å². The van der Waals surface area contributed by atoms with E-state index in [4.69, 9.17) is 9.15 Å². The molecule has 0 radical (unpaired) electrons. The van der Waals surface area contributed by atoms with E-state index in [9.17, 15) is 4.79 Å². The fourth-order valence-corrected chi connectivity index (χ4v) is 2.35. The number of carbonyl (C=O) groups excluding carboxylic acids is 1. The van der Waals surface area contributed by atoms with Gasteiger partial charge in [-0.25, -0.2) is 0 Å². The Morgan fingerprint density at radius 1 is 1.00 bits per heavy atom. The average molecular weight is 321 g/mol. The smallest absolute Gasteiger partial charge is 0.261 e. The van der Waals surface area contributed by atoms with Crippen LogP contribution in [0.4, 0.5) is 0 Å². The minimum atomic E-state index is -0.581. The van der Waals surface area contributed by atoms with Gasteiger partial charge in [0.2, 0.25) is 0 Å². The zero-order chi connectivity index (χ0) is 16.8. The zero-order valence-electron chi connectivity index (χ0n) is 13.4. The van der Waals surface area contributed by atoms with Gasteiger partial charge >= 0.3 is 0 Å². The highest BCUT2D eigenvalue weighted by atomic mass is 16.5. The van der Waals surface area contributed by atoms with E-state index < -0.39 is 6.10 Å². The van der Waals surface area contributed by atoms with E-state index in [0.717, 1.165) is 11.1 Å². The van der Waals surface area contributed by atoms with Crippen molar-refractivity contribution < 1.29 is 13.9 Å². The Bertz CT molecular complexity index is 764. The molecule has 1 amide bonds. The van der Waals surface area contributed by atoms with E-state index in [1.807, 2.05) is 48.5 Å². The molecule has 3 aromatic rings. The Kier molecular flexibility index (Phi) is 4.96. The number of amides is 1. The van der Waals surface area contributed by atoms with Crippen LogP contribution in [0.25, 0.3) is 11.1 Å². The maximum absolute atomic E-state index is 12.1. The molecule has 4 nitrogen and oxygen atoms in total. The Morgan fingerprint density at radius 3 is 2.38 bits per heavy atom. The van der Waals surface area contributed by atoms with E-state index in [0.29, 0.717) is 18.1 Å². The Hall–Kier alpha value is -3.01. The lowest BCUT2D eigenvalue weighted by Crippen LogP contribution is -2.35. The number of ether oxygens (including phenoxy) is 1. The van der Waals surface area contributed by atoms with E-state index >= 15 is 0 Å². The second kappa shape index (κ2) is 7.51. The first-order valence-electron chi connectivity index (χ1n) is 7.84. The molecule has 1 atom stereocenters. The van der Waals surface area contributed by atoms with Gasteiger partial charge in [0.1, 0.15) is 11.5 Å². The number of benzene rings is 2. The van der Waals surface area contributed by atoms with Crippen molar-refractivity contribution in [3.8, 4) is 16.9 Å². The lowest BCUT2D eigenvalue weighted by molar-refractivity contribution is -0.127. The van der Waals surface area contributed by atoms with E-state index in [1.165, 1.54) is 0 Å². The Morgan fingerprint density at radius 2 is 1.71 bits per heavy atom. The van der Waals surface area contributed by atoms with Gasteiger partial charge in [0.05, 0.1) is 12.8 Å². The summed E-state index contributed by atoms with van der Waals surface area (Å²) in [6, 6.07) is 21.4. The summed E-state index contributed by atoms with van der Waals surface area (Å²) in [7, 11) is 0. The standard InChI is InChI=1S/C20H19NO3/c1-15(20(22)21-14-19-8-5-13-23-19)24-18-11-9-17(10-12-18)16-6-3-2-4-7-16/h2-13,15H,14H2,1H3,(H,21,22)/t15-/m0/s1. The van der Waals surface area contributed by atoms with E-state index in [1.54, 1.807) is 19.3 Å². The van der Waals surface area contributed by atoms with Crippen LogP contribution in [0.15, 0.2) is 77.4 Å². The first kappa shape index (κ1) is 15.9. The van der Waals surface area contributed by atoms with Crippen molar-refractivity contribution in [3.05, 3.63) is 78.8 Å². The molecule has 2 aromatic carbocycles. The normalized spacial score (nSPS) is 11.7. The van der Waals surface area contributed by atoms with Gasteiger partial charge in [-0.2, -0.15) is 0 Å². The number of furan rings is 1. The molecule has 0 fully saturated rings.